The predicted octanol–water partition coefficient (Wildman–Crippen LogP) is 2.37. The van der Waals surface area contributed by atoms with Crippen molar-refractivity contribution in [3.8, 4) is 0 Å². The normalized spacial score (nSPS) is 11.9. The molecule has 3 N–H and O–H groups in total. The second-order valence-electron chi connectivity index (χ2n) is 5.94. The summed E-state index contributed by atoms with van der Waals surface area (Å²) in [5, 5.41) is 3.61. The highest BCUT2D eigenvalue weighted by atomic mass is 16.2. The number of fused-ring (bicyclic) bond motifs is 1. The molecule has 1 aromatic heterocycles. The van der Waals surface area contributed by atoms with Crippen molar-refractivity contribution in [1.82, 2.24) is 10.3 Å². The molecule has 0 unspecified atom stereocenters. The first kappa shape index (κ1) is 16.6. The first-order chi connectivity index (χ1) is 12.1. The summed E-state index contributed by atoms with van der Waals surface area (Å²) in [5.74, 6) is -0.925. The second-order valence-corrected chi connectivity index (χ2v) is 5.94. The zero-order chi connectivity index (χ0) is 17.8. The summed E-state index contributed by atoms with van der Waals surface area (Å²) in [6, 6.07) is 16.0. The van der Waals surface area contributed by atoms with E-state index in [1.807, 2.05) is 49.4 Å². The molecule has 0 saturated heterocycles. The molecule has 0 radical (unpaired) electrons. The Balaban J connectivity index is 1.86. The average molecular weight is 333 g/mol. The maximum Gasteiger partial charge on any atom is 0.254 e. The molecular formula is C20H19N3O2. The molecule has 25 heavy (non-hydrogen) atoms. The summed E-state index contributed by atoms with van der Waals surface area (Å²) in [6.45, 7) is 1.96. The van der Waals surface area contributed by atoms with Crippen LogP contribution in [0.25, 0.3) is 10.9 Å². The lowest BCUT2D eigenvalue weighted by Gasteiger charge is -2.17. The number of hydrogen-bond acceptors (Lipinski definition) is 3. The Hall–Kier alpha value is -3.21. The molecule has 0 fully saturated rings. The maximum absolute atomic E-state index is 12.7. The molecule has 0 saturated carbocycles. The SMILES string of the molecule is Cc1ccccc1C[C@H](NC(=O)c1cccc2cccnc12)C(N)=O. The standard InChI is InChI=1S/C20H19N3O2/c1-13-6-2-3-7-15(13)12-17(19(21)24)23-20(25)16-10-4-8-14-9-5-11-22-18(14)16/h2-11,17H,12H2,1H3,(H2,21,24)(H,23,25)/t17-/m0/s1. The molecule has 2 aromatic carbocycles. The second kappa shape index (κ2) is 7.13. The van der Waals surface area contributed by atoms with Gasteiger partial charge in [-0.05, 0) is 30.2 Å². The minimum atomic E-state index is -0.785. The Bertz CT molecular complexity index is 932. The van der Waals surface area contributed by atoms with Crippen molar-refractivity contribution in [2.75, 3.05) is 0 Å². The van der Waals surface area contributed by atoms with Gasteiger partial charge in [0.15, 0.2) is 0 Å². The van der Waals surface area contributed by atoms with Gasteiger partial charge in [0, 0.05) is 18.0 Å². The van der Waals surface area contributed by atoms with E-state index in [9.17, 15) is 9.59 Å². The average Bonchev–Trinajstić information content (AvgIpc) is 2.62. The van der Waals surface area contributed by atoms with E-state index in [1.54, 1.807) is 18.3 Å². The number of nitrogens with one attached hydrogen (secondary N) is 1. The summed E-state index contributed by atoms with van der Waals surface area (Å²) in [6.07, 6.45) is 1.99. The van der Waals surface area contributed by atoms with Crippen molar-refractivity contribution in [3.63, 3.8) is 0 Å². The zero-order valence-corrected chi connectivity index (χ0v) is 13.9. The number of nitrogens with zero attached hydrogens (tertiary/aromatic N) is 1. The van der Waals surface area contributed by atoms with Crippen molar-refractivity contribution >= 4 is 22.7 Å². The lowest BCUT2D eigenvalue weighted by molar-refractivity contribution is -0.119. The topological polar surface area (TPSA) is 85.1 Å². The summed E-state index contributed by atoms with van der Waals surface area (Å²) < 4.78 is 0. The van der Waals surface area contributed by atoms with E-state index in [2.05, 4.69) is 10.3 Å². The third-order valence-electron chi connectivity index (χ3n) is 4.21. The number of nitrogens with two attached hydrogens (primary N) is 1. The molecule has 1 atom stereocenters. The number of aromatic nitrogens is 1. The quantitative estimate of drug-likeness (QED) is 0.752. The molecule has 3 aromatic rings. The Labute approximate surface area is 145 Å². The Kier molecular flexibility index (Phi) is 4.75. The maximum atomic E-state index is 12.7. The van der Waals surface area contributed by atoms with Gasteiger partial charge >= 0.3 is 0 Å². The molecule has 3 rings (SSSR count). The van der Waals surface area contributed by atoms with E-state index in [0.717, 1.165) is 16.5 Å². The van der Waals surface area contributed by atoms with E-state index in [-0.39, 0.29) is 5.91 Å². The fraction of sp³-hybridized carbons (Fsp3) is 0.150. The van der Waals surface area contributed by atoms with Crippen LogP contribution in [0.4, 0.5) is 0 Å². The Morgan fingerprint density at radius 1 is 1.08 bits per heavy atom. The largest absolute Gasteiger partial charge is 0.368 e. The molecule has 5 nitrogen and oxygen atoms in total. The van der Waals surface area contributed by atoms with Crippen LogP contribution in [0, 0.1) is 6.92 Å². The first-order valence-corrected chi connectivity index (χ1v) is 8.04. The fourth-order valence-corrected chi connectivity index (χ4v) is 2.81. The Morgan fingerprint density at radius 2 is 1.84 bits per heavy atom. The van der Waals surface area contributed by atoms with Gasteiger partial charge in [-0.15, -0.1) is 0 Å². The van der Waals surface area contributed by atoms with Gasteiger partial charge in [-0.25, -0.2) is 0 Å². The third-order valence-corrected chi connectivity index (χ3v) is 4.21. The molecule has 0 aliphatic carbocycles. The van der Waals surface area contributed by atoms with E-state index >= 15 is 0 Å². The van der Waals surface area contributed by atoms with Crippen LogP contribution in [0.15, 0.2) is 60.8 Å². The number of pyridine rings is 1. The Morgan fingerprint density at radius 3 is 2.60 bits per heavy atom. The van der Waals surface area contributed by atoms with Gasteiger partial charge in [0.1, 0.15) is 6.04 Å². The highest BCUT2D eigenvalue weighted by Crippen LogP contribution is 2.16. The van der Waals surface area contributed by atoms with Gasteiger partial charge < -0.3 is 11.1 Å². The minimum Gasteiger partial charge on any atom is -0.368 e. The molecule has 2 amide bonds. The third kappa shape index (κ3) is 3.66. The van der Waals surface area contributed by atoms with Gasteiger partial charge in [-0.2, -0.15) is 0 Å². The number of benzene rings is 2. The number of rotatable bonds is 5. The number of carbonyl (C=O) groups is 2. The minimum absolute atomic E-state index is 0.353. The number of aryl methyl sites for hydroxylation is 1. The van der Waals surface area contributed by atoms with Crippen LogP contribution in [-0.2, 0) is 11.2 Å². The first-order valence-electron chi connectivity index (χ1n) is 8.04. The highest BCUT2D eigenvalue weighted by molar-refractivity contribution is 6.06. The fourth-order valence-electron chi connectivity index (χ4n) is 2.81. The van der Waals surface area contributed by atoms with Crippen molar-refractivity contribution in [1.29, 1.82) is 0 Å². The van der Waals surface area contributed by atoms with Crippen molar-refractivity contribution in [3.05, 3.63) is 77.5 Å². The zero-order valence-electron chi connectivity index (χ0n) is 13.9. The van der Waals surface area contributed by atoms with Crippen molar-refractivity contribution < 1.29 is 9.59 Å². The van der Waals surface area contributed by atoms with Gasteiger partial charge in [-0.1, -0.05) is 42.5 Å². The molecule has 5 heteroatoms. The summed E-state index contributed by atoms with van der Waals surface area (Å²) in [5.41, 5.74) is 8.55. The molecule has 0 aliphatic heterocycles. The molecule has 126 valence electrons. The monoisotopic (exact) mass is 333 g/mol. The summed E-state index contributed by atoms with van der Waals surface area (Å²) in [7, 11) is 0. The van der Waals surface area contributed by atoms with E-state index in [4.69, 9.17) is 5.73 Å². The van der Waals surface area contributed by atoms with Crippen LogP contribution in [0.2, 0.25) is 0 Å². The van der Waals surface area contributed by atoms with Crippen LogP contribution in [0.5, 0.6) is 0 Å². The number of carbonyl (C=O) groups excluding carboxylic acids is 2. The van der Waals surface area contributed by atoms with E-state index in [1.165, 1.54) is 0 Å². The number of primary amides is 1. The molecule has 0 spiro atoms. The highest BCUT2D eigenvalue weighted by Gasteiger charge is 2.21. The van der Waals surface area contributed by atoms with Crippen LogP contribution in [0.3, 0.4) is 0 Å². The number of amides is 2. The lowest BCUT2D eigenvalue weighted by Crippen LogP contribution is -2.46. The lowest BCUT2D eigenvalue weighted by atomic mass is 10.00. The van der Waals surface area contributed by atoms with Gasteiger partial charge in [0.25, 0.3) is 5.91 Å². The van der Waals surface area contributed by atoms with Gasteiger partial charge in [0.2, 0.25) is 5.91 Å². The van der Waals surface area contributed by atoms with Gasteiger partial charge in [0.05, 0.1) is 11.1 Å². The smallest absolute Gasteiger partial charge is 0.254 e. The molecular weight excluding hydrogens is 314 g/mol. The molecule has 0 aliphatic rings. The van der Waals surface area contributed by atoms with Crippen LogP contribution in [0.1, 0.15) is 21.5 Å². The summed E-state index contributed by atoms with van der Waals surface area (Å²) in [4.78, 5) is 28.8. The van der Waals surface area contributed by atoms with E-state index in [0.29, 0.717) is 17.5 Å². The van der Waals surface area contributed by atoms with E-state index < -0.39 is 11.9 Å². The summed E-state index contributed by atoms with van der Waals surface area (Å²) >= 11 is 0. The predicted molar refractivity (Wildman–Crippen MR) is 97.1 cm³/mol. The molecule has 1 heterocycles. The van der Waals surface area contributed by atoms with Crippen molar-refractivity contribution in [2.45, 2.75) is 19.4 Å². The number of para-hydroxylation sites is 1. The molecule has 0 bridgehead atoms. The van der Waals surface area contributed by atoms with Gasteiger partial charge in [-0.3, -0.25) is 14.6 Å². The van der Waals surface area contributed by atoms with Crippen molar-refractivity contribution in [2.24, 2.45) is 5.73 Å². The number of hydrogen-bond donors (Lipinski definition) is 2. The van der Waals surface area contributed by atoms with Crippen LogP contribution >= 0.6 is 0 Å². The van der Waals surface area contributed by atoms with Crippen LogP contribution < -0.4 is 11.1 Å². The van der Waals surface area contributed by atoms with Crippen LogP contribution in [-0.4, -0.2) is 22.8 Å².